The number of carbonyl (C=O) groups excluding carboxylic acids is 1. The van der Waals surface area contributed by atoms with Crippen LogP contribution in [0.15, 0.2) is 0 Å². The van der Waals surface area contributed by atoms with Crippen molar-refractivity contribution in [1.82, 2.24) is 9.03 Å². The first-order valence-electron chi connectivity index (χ1n) is 6.79. The Morgan fingerprint density at radius 2 is 1.74 bits per heavy atom. The van der Waals surface area contributed by atoms with Crippen LogP contribution in [-0.2, 0) is 19.7 Å². The Bertz CT molecular complexity index is 385. The van der Waals surface area contributed by atoms with Crippen molar-refractivity contribution in [1.29, 1.82) is 0 Å². The van der Waals surface area contributed by atoms with Gasteiger partial charge in [-0.25, -0.2) is 0 Å². The van der Waals surface area contributed by atoms with Crippen molar-refractivity contribution < 1.29 is 17.9 Å². The van der Waals surface area contributed by atoms with Crippen LogP contribution in [0.1, 0.15) is 39.5 Å². The van der Waals surface area contributed by atoms with Crippen LogP contribution in [-0.4, -0.2) is 44.9 Å². The number of methoxy groups -OCH3 is 1. The van der Waals surface area contributed by atoms with Gasteiger partial charge in [0.05, 0.1) is 13.0 Å². The monoisotopic (exact) mass is 292 g/mol. The molecule has 1 aliphatic rings. The maximum Gasteiger partial charge on any atom is 0.308 e. The second-order valence-corrected chi connectivity index (χ2v) is 6.48. The van der Waals surface area contributed by atoms with Crippen molar-refractivity contribution >= 4 is 16.2 Å². The number of rotatable bonds is 6. The third-order valence-corrected chi connectivity index (χ3v) is 5.45. The van der Waals surface area contributed by atoms with Crippen LogP contribution in [0.4, 0.5) is 0 Å². The summed E-state index contributed by atoms with van der Waals surface area (Å²) in [6, 6.07) is -0.0773. The zero-order chi connectivity index (χ0) is 14.5. The Hall–Kier alpha value is -0.660. The van der Waals surface area contributed by atoms with Gasteiger partial charge in [-0.05, 0) is 25.7 Å². The van der Waals surface area contributed by atoms with E-state index in [1.54, 1.807) is 0 Å². The molecule has 1 saturated carbocycles. The summed E-state index contributed by atoms with van der Waals surface area (Å²) in [6.45, 7) is 4.56. The van der Waals surface area contributed by atoms with Crippen molar-refractivity contribution in [2.75, 3.05) is 20.2 Å². The Morgan fingerprint density at radius 1 is 1.21 bits per heavy atom. The van der Waals surface area contributed by atoms with Crippen molar-refractivity contribution in [2.24, 2.45) is 5.92 Å². The van der Waals surface area contributed by atoms with Crippen molar-refractivity contribution in [3.05, 3.63) is 0 Å². The predicted octanol–water partition coefficient (Wildman–Crippen LogP) is 0.894. The summed E-state index contributed by atoms with van der Waals surface area (Å²) in [6.07, 6.45) is 2.72. The van der Waals surface area contributed by atoms with Crippen LogP contribution in [0.25, 0.3) is 0 Å². The SMILES string of the molecule is CCN(CC)S(=O)(=O)NC1CCC(C(=O)OC)CC1. The first-order chi connectivity index (χ1) is 8.94. The molecule has 1 fully saturated rings. The summed E-state index contributed by atoms with van der Waals surface area (Å²) in [5, 5.41) is 0. The fourth-order valence-electron chi connectivity index (χ4n) is 2.46. The zero-order valence-corrected chi connectivity index (χ0v) is 12.7. The van der Waals surface area contributed by atoms with E-state index >= 15 is 0 Å². The molecule has 0 heterocycles. The van der Waals surface area contributed by atoms with Crippen LogP contribution in [0.2, 0.25) is 0 Å². The molecule has 0 aliphatic heterocycles. The molecule has 0 spiro atoms. The van der Waals surface area contributed by atoms with E-state index in [4.69, 9.17) is 4.74 Å². The molecule has 0 aromatic carbocycles. The van der Waals surface area contributed by atoms with Gasteiger partial charge in [0.2, 0.25) is 0 Å². The van der Waals surface area contributed by atoms with E-state index in [0.29, 0.717) is 38.8 Å². The lowest BCUT2D eigenvalue weighted by atomic mass is 9.86. The van der Waals surface area contributed by atoms with Crippen LogP contribution >= 0.6 is 0 Å². The molecule has 1 aliphatic carbocycles. The van der Waals surface area contributed by atoms with Gasteiger partial charge in [-0.2, -0.15) is 17.4 Å². The molecule has 0 saturated heterocycles. The highest BCUT2D eigenvalue weighted by molar-refractivity contribution is 7.87. The molecule has 1 rings (SSSR count). The van der Waals surface area contributed by atoms with Crippen molar-refractivity contribution in [3.8, 4) is 0 Å². The van der Waals surface area contributed by atoms with Gasteiger partial charge in [0.15, 0.2) is 0 Å². The average molecular weight is 292 g/mol. The zero-order valence-electron chi connectivity index (χ0n) is 11.9. The van der Waals surface area contributed by atoms with E-state index in [-0.39, 0.29) is 17.9 Å². The van der Waals surface area contributed by atoms with Crippen molar-refractivity contribution in [3.63, 3.8) is 0 Å². The highest BCUT2D eigenvalue weighted by Gasteiger charge is 2.30. The molecule has 0 unspecified atom stereocenters. The molecule has 0 radical (unpaired) electrons. The average Bonchev–Trinajstić information content (AvgIpc) is 2.39. The number of esters is 1. The van der Waals surface area contributed by atoms with Gasteiger partial charge in [0.1, 0.15) is 0 Å². The lowest BCUT2D eigenvalue weighted by molar-refractivity contribution is -0.146. The number of hydrogen-bond acceptors (Lipinski definition) is 4. The molecule has 0 bridgehead atoms. The number of nitrogens with one attached hydrogen (secondary N) is 1. The maximum atomic E-state index is 12.1. The first-order valence-corrected chi connectivity index (χ1v) is 8.23. The predicted molar refractivity (Wildman–Crippen MR) is 72.7 cm³/mol. The summed E-state index contributed by atoms with van der Waals surface area (Å²) in [5.41, 5.74) is 0. The summed E-state index contributed by atoms with van der Waals surface area (Å²) in [4.78, 5) is 11.4. The van der Waals surface area contributed by atoms with Gasteiger partial charge in [-0.3, -0.25) is 4.79 Å². The van der Waals surface area contributed by atoms with Crippen LogP contribution in [0.3, 0.4) is 0 Å². The Balaban J connectivity index is 2.51. The summed E-state index contributed by atoms with van der Waals surface area (Å²) in [7, 11) is -2.01. The number of ether oxygens (including phenoxy) is 1. The fraction of sp³-hybridized carbons (Fsp3) is 0.917. The van der Waals surface area contributed by atoms with Crippen LogP contribution in [0, 0.1) is 5.92 Å². The largest absolute Gasteiger partial charge is 0.469 e. The highest BCUT2D eigenvalue weighted by atomic mass is 32.2. The molecule has 0 amide bonds. The smallest absolute Gasteiger partial charge is 0.308 e. The minimum absolute atomic E-state index is 0.0773. The summed E-state index contributed by atoms with van der Waals surface area (Å²) >= 11 is 0. The third kappa shape index (κ3) is 4.43. The van der Waals surface area contributed by atoms with E-state index in [0.717, 1.165) is 0 Å². The lowest BCUT2D eigenvalue weighted by Gasteiger charge is -2.29. The van der Waals surface area contributed by atoms with Gasteiger partial charge in [-0.1, -0.05) is 13.8 Å². The third-order valence-electron chi connectivity index (χ3n) is 3.62. The molecule has 6 nitrogen and oxygen atoms in total. The molecular formula is C12H24N2O4S. The van der Waals surface area contributed by atoms with Gasteiger partial charge in [0, 0.05) is 19.1 Å². The fourth-order valence-corrected chi connectivity index (χ4v) is 3.95. The molecular weight excluding hydrogens is 268 g/mol. The number of nitrogens with zero attached hydrogens (tertiary/aromatic N) is 1. The molecule has 0 aromatic rings. The first kappa shape index (κ1) is 16.4. The van der Waals surface area contributed by atoms with E-state index in [1.807, 2.05) is 13.8 Å². The summed E-state index contributed by atoms with van der Waals surface area (Å²) < 4.78 is 32.9. The number of hydrogen-bond donors (Lipinski definition) is 1. The molecule has 112 valence electrons. The topological polar surface area (TPSA) is 75.7 Å². The van der Waals surface area contributed by atoms with Gasteiger partial charge in [-0.15, -0.1) is 0 Å². The van der Waals surface area contributed by atoms with E-state index in [1.165, 1.54) is 11.4 Å². The van der Waals surface area contributed by atoms with E-state index in [9.17, 15) is 13.2 Å². The van der Waals surface area contributed by atoms with Crippen LogP contribution in [0.5, 0.6) is 0 Å². The van der Waals surface area contributed by atoms with Gasteiger partial charge < -0.3 is 4.74 Å². The molecule has 19 heavy (non-hydrogen) atoms. The Morgan fingerprint density at radius 3 is 2.16 bits per heavy atom. The number of carbonyl (C=O) groups is 1. The minimum Gasteiger partial charge on any atom is -0.469 e. The van der Waals surface area contributed by atoms with Gasteiger partial charge in [0.25, 0.3) is 10.2 Å². The highest BCUT2D eigenvalue weighted by Crippen LogP contribution is 2.25. The quantitative estimate of drug-likeness (QED) is 0.738. The van der Waals surface area contributed by atoms with Crippen LogP contribution < -0.4 is 4.72 Å². The lowest BCUT2D eigenvalue weighted by Crippen LogP contribution is -2.46. The second-order valence-electron chi connectivity index (χ2n) is 4.78. The molecule has 7 heteroatoms. The minimum atomic E-state index is -3.40. The maximum absolute atomic E-state index is 12.1. The van der Waals surface area contributed by atoms with E-state index < -0.39 is 10.2 Å². The normalized spacial score (nSPS) is 24.4. The standard InChI is InChI=1S/C12H24N2O4S/c1-4-14(5-2)19(16,17)13-11-8-6-10(7-9-11)12(15)18-3/h10-11,13H,4-9H2,1-3H3. The molecule has 0 aromatic heterocycles. The van der Waals surface area contributed by atoms with Crippen molar-refractivity contribution in [2.45, 2.75) is 45.6 Å². The Kier molecular flexibility index (Phi) is 6.22. The summed E-state index contributed by atoms with van der Waals surface area (Å²) in [5.74, 6) is -0.274. The Labute approximate surface area is 115 Å². The van der Waals surface area contributed by atoms with Gasteiger partial charge >= 0.3 is 5.97 Å². The van der Waals surface area contributed by atoms with E-state index in [2.05, 4.69) is 4.72 Å². The molecule has 1 N–H and O–H groups in total. The second kappa shape index (κ2) is 7.21. The molecule has 0 atom stereocenters.